The molecule has 0 saturated heterocycles. The Morgan fingerprint density at radius 3 is 2.96 bits per heavy atom. The molecule has 4 rings (SSSR count). The van der Waals surface area contributed by atoms with Crippen LogP contribution in [0, 0.1) is 5.82 Å². The van der Waals surface area contributed by atoms with Gasteiger partial charge in [-0.3, -0.25) is 4.98 Å². The molecule has 0 fully saturated rings. The molecule has 144 valence electrons. The van der Waals surface area contributed by atoms with Gasteiger partial charge in [0, 0.05) is 30.2 Å². The van der Waals surface area contributed by atoms with E-state index in [-0.39, 0.29) is 18.6 Å². The molecular weight excluding hydrogens is 361 g/mol. The van der Waals surface area contributed by atoms with Crippen molar-refractivity contribution in [3.8, 4) is 5.75 Å². The molecule has 28 heavy (non-hydrogen) atoms. The van der Waals surface area contributed by atoms with Gasteiger partial charge in [0.05, 0.1) is 12.1 Å². The highest BCUT2D eigenvalue weighted by atomic mass is 19.1. The van der Waals surface area contributed by atoms with Crippen LogP contribution in [0.25, 0.3) is 10.9 Å². The largest absolute Gasteiger partial charge is 0.467 e. The Bertz CT molecular complexity index is 1000. The Morgan fingerprint density at radius 2 is 2.04 bits per heavy atom. The van der Waals surface area contributed by atoms with Crippen LogP contribution < -0.4 is 15.4 Å². The summed E-state index contributed by atoms with van der Waals surface area (Å²) in [6, 6.07) is 12.3. The van der Waals surface area contributed by atoms with E-state index in [0.29, 0.717) is 37.4 Å². The fourth-order valence-corrected chi connectivity index (χ4v) is 3.30. The number of pyridine rings is 1. The van der Waals surface area contributed by atoms with Crippen LogP contribution in [0.3, 0.4) is 0 Å². The Balaban J connectivity index is 1.32. The minimum absolute atomic E-state index is 0.151. The molecule has 0 aliphatic carbocycles. The lowest BCUT2D eigenvalue weighted by molar-refractivity contribution is -0.0172. The Labute approximate surface area is 161 Å². The van der Waals surface area contributed by atoms with Gasteiger partial charge in [-0.1, -0.05) is 24.3 Å². The zero-order valence-corrected chi connectivity index (χ0v) is 15.2. The first kappa shape index (κ1) is 18.2. The zero-order chi connectivity index (χ0) is 19.3. The second-order valence-corrected chi connectivity index (χ2v) is 6.52. The summed E-state index contributed by atoms with van der Waals surface area (Å²) in [4.78, 5) is 16.5. The lowest BCUT2D eigenvalue weighted by Gasteiger charge is -2.21. The summed E-state index contributed by atoms with van der Waals surface area (Å²) in [5.41, 5.74) is 3.22. The molecule has 2 amide bonds. The standard InChI is InChI=1S/C21H20FN3O3/c22-18-9-15(20-17(10-18)12-27-13-28-20)6-8-24-21(26)25-11-16-4-1-3-14-5-2-7-23-19(14)16/h1-5,7,9-10H,6,8,11-13H2,(H2,24,25,26). The number of aromatic nitrogens is 1. The van der Waals surface area contributed by atoms with Crippen LogP contribution in [0.1, 0.15) is 16.7 Å². The summed E-state index contributed by atoms with van der Waals surface area (Å²) in [5, 5.41) is 6.66. The van der Waals surface area contributed by atoms with Gasteiger partial charge in [-0.05, 0) is 35.7 Å². The van der Waals surface area contributed by atoms with E-state index >= 15 is 0 Å². The Morgan fingerprint density at radius 1 is 1.14 bits per heavy atom. The number of carbonyl (C=O) groups is 1. The molecule has 1 aromatic heterocycles. The summed E-state index contributed by atoms with van der Waals surface area (Å²) in [6.45, 7) is 1.21. The number of ether oxygens (including phenoxy) is 2. The van der Waals surface area contributed by atoms with Gasteiger partial charge in [-0.2, -0.15) is 0 Å². The number of nitrogens with one attached hydrogen (secondary N) is 2. The SMILES string of the molecule is O=C(NCCc1cc(F)cc2c1OCOC2)NCc1cccc2cccnc12. The quantitative estimate of drug-likeness (QED) is 0.711. The van der Waals surface area contributed by atoms with Crippen molar-refractivity contribution in [1.82, 2.24) is 15.6 Å². The Kier molecular flexibility index (Phi) is 5.34. The van der Waals surface area contributed by atoms with Gasteiger partial charge in [0.25, 0.3) is 0 Å². The number of rotatable bonds is 5. The maximum Gasteiger partial charge on any atom is 0.315 e. The predicted molar refractivity (Wildman–Crippen MR) is 102 cm³/mol. The molecule has 7 heteroatoms. The number of amides is 2. The first-order valence-corrected chi connectivity index (χ1v) is 9.07. The van der Waals surface area contributed by atoms with E-state index in [2.05, 4.69) is 15.6 Å². The molecule has 2 aromatic carbocycles. The molecule has 1 aliphatic heterocycles. The molecule has 0 radical (unpaired) electrons. The molecule has 6 nitrogen and oxygen atoms in total. The normalized spacial score (nSPS) is 12.9. The van der Waals surface area contributed by atoms with E-state index in [0.717, 1.165) is 22.0 Å². The molecule has 2 heterocycles. The van der Waals surface area contributed by atoms with Crippen LogP contribution in [0.4, 0.5) is 9.18 Å². The van der Waals surface area contributed by atoms with Crippen LogP contribution in [-0.2, 0) is 24.3 Å². The number of hydrogen-bond acceptors (Lipinski definition) is 4. The molecular formula is C21H20FN3O3. The maximum absolute atomic E-state index is 13.8. The minimum Gasteiger partial charge on any atom is -0.467 e. The van der Waals surface area contributed by atoms with Gasteiger partial charge in [0.15, 0.2) is 6.79 Å². The number of halogens is 1. The lowest BCUT2D eigenvalue weighted by atomic mass is 10.1. The average molecular weight is 381 g/mol. The van der Waals surface area contributed by atoms with E-state index < -0.39 is 0 Å². The number of benzene rings is 2. The fourth-order valence-electron chi connectivity index (χ4n) is 3.30. The van der Waals surface area contributed by atoms with Gasteiger partial charge in [-0.25, -0.2) is 9.18 Å². The van der Waals surface area contributed by atoms with Crippen molar-refractivity contribution in [2.75, 3.05) is 13.3 Å². The van der Waals surface area contributed by atoms with Crippen LogP contribution in [0.15, 0.2) is 48.7 Å². The summed E-state index contributed by atoms with van der Waals surface area (Å²) < 4.78 is 24.4. The van der Waals surface area contributed by atoms with Gasteiger partial charge in [-0.15, -0.1) is 0 Å². The molecule has 1 aliphatic rings. The van der Waals surface area contributed by atoms with E-state index in [1.807, 2.05) is 30.3 Å². The summed E-state index contributed by atoms with van der Waals surface area (Å²) >= 11 is 0. The highest BCUT2D eigenvalue weighted by Crippen LogP contribution is 2.29. The van der Waals surface area contributed by atoms with E-state index in [4.69, 9.17) is 9.47 Å². The van der Waals surface area contributed by atoms with E-state index in [1.165, 1.54) is 12.1 Å². The minimum atomic E-state index is -0.337. The van der Waals surface area contributed by atoms with Crippen molar-refractivity contribution < 1.29 is 18.7 Å². The van der Waals surface area contributed by atoms with Crippen molar-refractivity contribution in [3.05, 3.63) is 71.2 Å². The second kappa shape index (κ2) is 8.22. The molecule has 0 atom stereocenters. The average Bonchev–Trinajstić information content (AvgIpc) is 2.72. The smallest absolute Gasteiger partial charge is 0.315 e. The zero-order valence-electron chi connectivity index (χ0n) is 15.2. The first-order valence-electron chi connectivity index (χ1n) is 9.07. The van der Waals surface area contributed by atoms with Gasteiger partial charge in [0.1, 0.15) is 11.6 Å². The van der Waals surface area contributed by atoms with Crippen molar-refractivity contribution >= 4 is 16.9 Å². The molecule has 0 spiro atoms. The number of para-hydroxylation sites is 1. The van der Waals surface area contributed by atoms with Crippen LogP contribution in [0.2, 0.25) is 0 Å². The summed E-state index contributed by atoms with van der Waals surface area (Å²) in [5.74, 6) is 0.312. The maximum atomic E-state index is 13.8. The third-order valence-electron chi connectivity index (χ3n) is 4.59. The van der Waals surface area contributed by atoms with Gasteiger partial charge < -0.3 is 20.1 Å². The Hall–Kier alpha value is -3.19. The van der Waals surface area contributed by atoms with Crippen molar-refractivity contribution in [2.45, 2.75) is 19.6 Å². The van der Waals surface area contributed by atoms with Crippen LogP contribution in [-0.4, -0.2) is 24.4 Å². The number of nitrogens with zero attached hydrogens (tertiary/aromatic N) is 1. The lowest BCUT2D eigenvalue weighted by Crippen LogP contribution is -2.36. The number of hydrogen-bond donors (Lipinski definition) is 2. The monoisotopic (exact) mass is 381 g/mol. The highest BCUT2D eigenvalue weighted by molar-refractivity contribution is 5.82. The molecule has 0 unspecified atom stereocenters. The van der Waals surface area contributed by atoms with Crippen molar-refractivity contribution in [3.63, 3.8) is 0 Å². The van der Waals surface area contributed by atoms with E-state index in [1.54, 1.807) is 6.20 Å². The van der Waals surface area contributed by atoms with Crippen LogP contribution >= 0.6 is 0 Å². The number of fused-ring (bicyclic) bond motifs is 2. The van der Waals surface area contributed by atoms with Gasteiger partial charge >= 0.3 is 6.03 Å². The molecule has 0 bridgehead atoms. The first-order chi connectivity index (χ1) is 13.7. The molecule has 2 N–H and O–H groups in total. The van der Waals surface area contributed by atoms with E-state index in [9.17, 15) is 9.18 Å². The topological polar surface area (TPSA) is 72.5 Å². The second-order valence-electron chi connectivity index (χ2n) is 6.52. The molecule has 3 aromatic rings. The highest BCUT2D eigenvalue weighted by Gasteiger charge is 2.17. The molecule has 0 saturated carbocycles. The fraction of sp³-hybridized carbons (Fsp3) is 0.238. The number of carbonyl (C=O) groups excluding carboxylic acids is 1. The predicted octanol–water partition coefficient (Wildman–Crippen LogP) is 3.28. The summed E-state index contributed by atoms with van der Waals surface area (Å²) in [7, 11) is 0. The van der Waals surface area contributed by atoms with Crippen molar-refractivity contribution in [1.29, 1.82) is 0 Å². The third-order valence-corrected chi connectivity index (χ3v) is 4.59. The summed E-state index contributed by atoms with van der Waals surface area (Å²) in [6.07, 6.45) is 2.20. The number of urea groups is 1. The van der Waals surface area contributed by atoms with Crippen LogP contribution in [0.5, 0.6) is 5.75 Å². The van der Waals surface area contributed by atoms with Crippen molar-refractivity contribution in [2.24, 2.45) is 0 Å². The third kappa shape index (κ3) is 4.04. The van der Waals surface area contributed by atoms with Gasteiger partial charge in [0.2, 0.25) is 0 Å².